The van der Waals surface area contributed by atoms with Crippen molar-refractivity contribution in [2.45, 2.75) is 6.10 Å². The van der Waals surface area contributed by atoms with Crippen molar-refractivity contribution in [1.82, 2.24) is 9.78 Å². The SMILES string of the molecule is Cn1nc2ccccc2c1C(O)CN. The number of benzene rings is 1. The summed E-state index contributed by atoms with van der Waals surface area (Å²) in [5.41, 5.74) is 7.10. The number of hydrogen-bond acceptors (Lipinski definition) is 3. The van der Waals surface area contributed by atoms with E-state index in [1.165, 1.54) is 0 Å². The van der Waals surface area contributed by atoms with Crippen LogP contribution in [-0.4, -0.2) is 21.4 Å². The monoisotopic (exact) mass is 191 g/mol. The van der Waals surface area contributed by atoms with Crippen LogP contribution in [0.2, 0.25) is 0 Å². The summed E-state index contributed by atoms with van der Waals surface area (Å²) in [4.78, 5) is 0. The molecule has 0 aliphatic rings. The van der Waals surface area contributed by atoms with Crippen LogP contribution < -0.4 is 5.73 Å². The van der Waals surface area contributed by atoms with Gasteiger partial charge in [-0.2, -0.15) is 5.10 Å². The van der Waals surface area contributed by atoms with Crippen molar-refractivity contribution in [3.8, 4) is 0 Å². The molecule has 4 nitrogen and oxygen atoms in total. The molecule has 1 aromatic heterocycles. The van der Waals surface area contributed by atoms with Gasteiger partial charge in [-0.25, -0.2) is 0 Å². The quantitative estimate of drug-likeness (QED) is 0.729. The molecule has 0 aliphatic heterocycles. The van der Waals surface area contributed by atoms with Crippen molar-refractivity contribution >= 4 is 10.9 Å². The summed E-state index contributed by atoms with van der Waals surface area (Å²) in [7, 11) is 1.81. The average molecular weight is 191 g/mol. The molecule has 14 heavy (non-hydrogen) atoms. The maximum absolute atomic E-state index is 9.71. The first-order valence-electron chi connectivity index (χ1n) is 4.54. The lowest BCUT2D eigenvalue weighted by atomic mass is 10.1. The fourth-order valence-corrected chi connectivity index (χ4v) is 1.67. The Balaban J connectivity index is 2.67. The summed E-state index contributed by atoms with van der Waals surface area (Å²) in [6.45, 7) is 0.212. The van der Waals surface area contributed by atoms with E-state index in [2.05, 4.69) is 5.10 Å². The first kappa shape index (κ1) is 9.18. The van der Waals surface area contributed by atoms with Crippen LogP contribution in [0.1, 0.15) is 11.8 Å². The zero-order chi connectivity index (χ0) is 10.1. The van der Waals surface area contributed by atoms with Crippen LogP contribution in [-0.2, 0) is 7.05 Å². The number of rotatable bonds is 2. The molecule has 1 heterocycles. The fraction of sp³-hybridized carbons (Fsp3) is 0.300. The van der Waals surface area contributed by atoms with Crippen molar-refractivity contribution in [1.29, 1.82) is 0 Å². The van der Waals surface area contributed by atoms with E-state index in [1.807, 2.05) is 31.3 Å². The number of aliphatic hydroxyl groups excluding tert-OH is 1. The van der Waals surface area contributed by atoms with E-state index in [9.17, 15) is 5.11 Å². The first-order chi connectivity index (χ1) is 6.74. The summed E-state index contributed by atoms with van der Waals surface area (Å²) >= 11 is 0. The topological polar surface area (TPSA) is 64.1 Å². The van der Waals surface area contributed by atoms with E-state index in [1.54, 1.807) is 4.68 Å². The van der Waals surface area contributed by atoms with Crippen molar-refractivity contribution in [3.05, 3.63) is 30.0 Å². The van der Waals surface area contributed by atoms with Gasteiger partial charge in [0.2, 0.25) is 0 Å². The first-order valence-corrected chi connectivity index (χ1v) is 4.54. The van der Waals surface area contributed by atoms with Crippen LogP contribution in [0.4, 0.5) is 0 Å². The third kappa shape index (κ3) is 1.29. The highest BCUT2D eigenvalue weighted by atomic mass is 16.3. The molecule has 1 unspecified atom stereocenters. The maximum Gasteiger partial charge on any atom is 0.108 e. The van der Waals surface area contributed by atoms with Crippen molar-refractivity contribution in [2.24, 2.45) is 12.8 Å². The zero-order valence-electron chi connectivity index (χ0n) is 8.01. The van der Waals surface area contributed by atoms with E-state index in [0.29, 0.717) is 0 Å². The second-order valence-electron chi connectivity index (χ2n) is 3.28. The van der Waals surface area contributed by atoms with E-state index < -0.39 is 6.10 Å². The second kappa shape index (κ2) is 3.40. The summed E-state index contributed by atoms with van der Waals surface area (Å²) in [5.74, 6) is 0. The molecule has 0 spiro atoms. The molecule has 0 amide bonds. The summed E-state index contributed by atoms with van der Waals surface area (Å²) in [6, 6.07) is 7.71. The fourth-order valence-electron chi connectivity index (χ4n) is 1.67. The number of hydrogen-bond donors (Lipinski definition) is 2. The molecule has 3 N–H and O–H groups in total. The zero-order valence-corrected chi connectivity index (χ0v) is 8.01. The molecule has 0 bridgehead atoms. The van der Waals surface area contributed by atoms with Crippen LogP contribution in [0.15, 0.2) is 24.3 Å². The highest BCUT2D eigenvalue weighted by molar-refractivity contribution is 5.81. The molecule has 0 fully saturated rings. The maximum atomic E-state index is 9.71. The van der Waals surface area contributed by atoms with E-state index >= 15 is 0 Å². The number of nitrogens with two attached hydrogens (primary N) is 1. The Labute approximate surface area is 81.9 Å². The van der Waals surface area contributed by atoms with Gasteiger partial charge in [0, 0.05) is 19.0 Å². The lowest BCUT2D eigenvalue weighted by Crippen LogP contribution is -2.15. The number of nitrogens with zero attached hydrogens (tertiary/aromatic N) is 2. The number of aryl methyl sites for hydroxylation is 1. The van der Waals surface area contributed by atoms with Crippen LogP contribution >= 0.6 is 0 Å². The highest BCUT2D eigenvalue weighted by Crippen LogP contribution is 2.22. The van der Waals surface area contributed by atoms with Gasteiger partial charge >= 0.3 is 0 Å². The molecule has 0 aliphatic carbocycles. The summed E-state index contributed by atoms with van der Waals surface area (Å²) in [5, 5.41) is 15.0. The van der Waals surface area contributed by atoms with Crippen LogP contribution in [0.5, 0.6) is 0 Å². The van der Waals surface area contributed by atoms with E-state index in [4.69, 9.17) is 5.73 Å². The van der Waals surface area contributed by atoms with Gasteiger partial charge in [-0.3, -0.25) is 4.68 Å². The molecule has 1 atom stereocenters. The molecule has 74 valence electrons. The van der Waals surface area contributed by atoms with Crippen molar-refractivity contribution in [3.63, 3.8) is 0 Å². The van der Waals surface area contributed by atoms with Crippen molar-refractivity contribution in [2.75, 3.05) is 6.54 Å². The predicted octanol–water partition coefficient (Wildman–Crippen LogP) is 0.565. The molecule has 2 rings (SSSR count). The number of aliphatic hydroxyl groups is 1. The minimum atomic E-state index is -0.646. The summed E-state index contributed by atoms with van der Waals surface area (Å²) < 4.78 is 1.68. The Morgan fingerprint density at radius 1 is 1.50 bits per heavy atom. The predicted molar refractivity (Wildman–Crippen MR) is 54.7 cm³/mol. The minimum absolute atomic E-state index is 0.212. The summed E-state index contributed by atoms with van der Waals surface area (Å²) in [6.07, 6.45) is -0.646. The van der Waals surface area contributed by atoms with Crippen LogP contribution in [0.3, 0.4) is 0 Å². The number of aromatic nitrogens is 2. The Hall–Kier alpha value is -1.39. The van der Waals surface area contributed by atoms with E-state index in [0.717, 1.165) is 16.6 Å². The molecule has 0 radical (unpaired) electrons. The molecule has 4 heteroatoms. The normalized spacial score (nSPS) is 13.4. The van der Waals surface area contributed by atoms with Crippen LogP contribution in [0.25, 0.3) is 10.9 Å². The van der Waals surface area contributed by atoms with Gasteiger partial charge in [-0.15, -0.1) is 0 Å². The third-order valence-corrected chi connectivity index (χ3v) is 2.33. The molecule has 1 aromatic carbocycles. The van der Waals surface area contributed by atoms with Gasteiger partial charge in [-0.05, 0) is 6.07 Å². The largest absolute Gasteiger partial charge is 0.385 e. The van der Waals surface area contributed by atoms with Crippen molar-refractivity contribution < 1.29 is 5.11 Å². The Kier molecular flexibility index (Phi) is 2.23. The molecule has 2 aromatic rings. The molecular weight excluding hydrogens is 178 g/mol. The standard InChI is InChI=1S/C10H13N3O/c1-13-10(9(14)6-11)7-4-2-3-5-8(7)12-13/h2-5,9,14H,6,11H2,1H3. The van der Waals surface area contributed by atoms with Gasteiger partial charge < -0.3 is 10.8 Å². The molecular formula is C10H13N3O. The third-order valence-electron chi connectivity index (χ3n) is 2.33. The van der Waals surface area contributed by atoms with Crippen LogP contribution in [0, 0.1) is 0 Å². The minimum Gasteiger partial charge on any atom is -0.385 e. The van der Waals surface area contributed by atoms with Gasteiger partial charge in [0.05, 0.1) is 11.2 Å². The number of fused-ring (bicyclic) bond motifs is 1. The Morgan fingerprint density at radius 2 is 2.21 bits per heavy atom. The van der Waals surface area contributed by atoms with Gasteiger partial charge in [0.1, 0.15) is 6.10 Å². The lowest BCUT2D eigenvalue weighted by Gasteiger charge is -2.08. The van der Waals surface area contributed by atoms with Gasteiger partial charge in [0.15, 0.2) is 0 Å². The highest BCUT2D eigenvalue weighted by Gasteiger charge is 2.14. The second-order valence-corrected chi connectivity index (χ2v) is 3.28. The van der Waals surface area contributed by atoms with Gasteiger partial charge in [0.25, 0.3) is 0 Å². The lowest BCUT2D eigenvalue weighted by molar-refractivity contribution is 0.178. The average Bonchev–Trinajstić information content (AvgIpc) is 2.53. The Morgan fingerprint density at radius 3 is 2.93 bits per heavy atom. The molecule has 0 saturated carbocycles. The Bertz CT molecular complexity index is 450. The van der Waals surface area contributed by atoms with E-state index in [-0.39, 0.29) is 6.54 Å². The molecule has 0 saturated heterocycles. The van der Waals surface area contributed by atoms with Gasteiger partial charge in [-0.1, -0.05) is 18.2 Å². The smallest absolute Gasteiger partial charge is 0.108 e.